The van der Waals surface area contributed by atoms with Gasteiger partial charge in [-0.1, -0.05) is 19.1 Å². The molecule has 1 fully saturated rings. The highest BCUT2D eigenvalue weighted by atomic mass is 16.5. The summed E-state index contributed by atoms with van der Waals surface area (Å²) in [5, 5.41) is 12.6. The standard InChI is InChI=1S/C16H25NO2/c1-13(9-14-5-7-19-8-6-14)11-17-16-4-2-3-15(10-16)12-18/h2-4,10,13-14,17-18H,5-9,11-12H2,1H3/t13-/m1/s1. The summed E-state index contributed by atoms with van der Waals surface area (Å²) in [5.41, 5.74) is 2.06. The molecule has 3 nitrogen and oxygen atoms in total. The zero-order chi connectivity index (χ0) is 13.5. The van der Waals surface area contributed by atoms with Gasteiger partial charge in [-0.05, 0) is 48.8 Å². The van der Waals surface area contributed by atoms with Crippen molar-refractivity contribution in [3.05, 3.63) is 29.8 Å². The van der Waals surface area contributed by atoms with Crippen molar-refractivity contribution < 1.29 is 9.84 Å². The molecule has 1 aliphatic heterocycles. The van der Waals surface area contributed by atoms with Gasteiger partial charge in [-0.15, -0.1) is 0 Å². The second kappa shape index (κ2) is 7.51. The monoisotopic (exact) mass is 263 g/mol. The van der Waals surface area contributed by atoms with Gasteiger partial charge in [0.15, 0.2) is 0 Å². The van der Waals surface area contributed by atoms with Gasteiger partial charge in [0.25, 0.3) is 0 Å². The van der Waals surface area contributed by atoms with Crippen molar-refractivity contribution in [3.8, 4) is 0 Å². The van der Waals surface area contributed by atoms with Crippen LogP contribution in [0.3, 0.4) is 0 Å². The molecular weight excluding hydrogens is 238 g/mol. The van der Waals surface area contributed by atoms with Crippen LogP contribution in [0.2, 0.25) is 0 Å². The molecule has 1 aromatic rings. The van der Waals surface area contributed by atoms with Crippen LogP contribution in [-0.4, -0.2) is 24.9 Å². The molecule has 0 bridgehead atoms. The lowest BCUT2D eigenvalue weighted by Gasteiger charge is -2.25. The van der Waals surface area contributed by atoms with Gasteiger partial charge < -0.3 is 15.2 Å². The largest absolute Gasteiger partial charge is 0.392 e. The molecule has 2 rings (SSSR count). The molecule has 0 aromatic heterocycles. The van der Waals surface area contributed by atoms with E-state index in [0.717, 1.165) is 36.9 Å². The Kier molecular flexibility index (Phi) is 5.67. The Morgan fingerprint density at radius 3 is 2.89 bits per heavy atom. The lowest BCUT2D eigenvalue weighted by molar-refractivity contribution is 0.0599. The van der Waals surface area contributed by atoms with Gasteiger partial charge >= 0.3 is 0 Å². The highest BCUT2D eigenvalue weighted by molar-refractivity contribution is 5.45. The van der Waals surface area contributed by atoms with Gasteiger partial charge in [0.2, 0.25) is 0 Å². The molecule has 1 aliphatic rings. The van der Waals surface area contributed by atoms with Crippen LogP contribution in [-0.2, 0) is 11.3 Å². The molecule has 3 heteroatoms. The number of rotatable bonds is 6. The van der Waals surface area contributed by atoms with Crippen LogP contribution in [0.5, 0.6) is 0 Å². The lowest BCUT2D eigenvalue weighted by atomic mass is 9.90. The summed E-state index contributed by atoms with van der Waals surface area (Å²) in [6.45, 7) is 5.27. The quantitative estimate of drug-likeness (QED) is 0.829. The minimum Gasteiger partial charge on any atom is -0.392 e. The van der Waals surface area contributed by atoms with Crippen molar-refractivity contribution in [1.29, 1.82) is 0 Å². The van der Waals surface area contributed by atoms with E-state index < -0.39 is 0 Å². The smallest absolute Gasteiger partial charge is 0.0682 e. The summed E-state index contributed by atoms with van der Waals surface area (Å²) in [5.74, 6) is 1.50. The average Bonchev–Trinajstić information content (AvgIpc) is 2.46. The number of hydrogen-bond acceptors (Lipinski definition) is 3. The van der Waals surface area contributed by atoms with Crippen molar-refractivity contribution in [2.24, 2.45) is 11.8 Å². The molecule has 0 unspecified atom stereocenters. The van der Waals surface area contributed by atoms with E-state index in [9.17, 15) is 0 Å². The van der Waals surface area contributed by atoms with Crippen molar-refractivity contribution >= 4 is 5.69 Å². The first-order valence-electron chi connectivity index (χ1n) is 7.29. The molecular formula is C16H25NO2. The lowest BCUT2D eigenvalue weighted by Crippen LogP contribution is -2.21. The average molecular weight is 263 g/mol. The van der Waals surface area contributed by atoms with Gasteiger partial charge in [0.05, 0.1) is 6.61 Å². The number of nitrogens with one attached hydrogen (secondary N) is 1. The van der Waals surface area contributed by atoms with Crippen LogP contribution >= 0.6 is 0 Å². The maximum absolute atomic E-state index is 9.12. The summed E-state index contributed by atoms with van der Waals surface area (Å²) in [6.07, 6.45) is 3.70. The van der Waals surface area contributed by atoms with Gasteiger partial charge in [-0.2, -0.15) is 0 Å². The Balaban J connectivity index is 1.74. The molecule has 1 aromatic carbocycles. The molecule has 106 valence electrons. The zero-order valence-corrected chi connectivity index (χ0v) is 11.8. The van der Waals surface area contributed by atoms with Crippen LogP contribution in [0.1, 0.15) is 31.7 Å². The highest BCUT2D eigenvalue weighted by Gasteiger charge is 2.16. The number of benzene rings is 1. The Morgan fingerprint density at radius 1 is 1.37 bits per heavy atom. The topological polar surface area (TPSA) is 41.5 Å². The van der Waals surface area contributed by atoms with Crippen LogP contribution < -0.4 is 5.32 Å². The summed E-state index contributed by atoms with van der Waals surface area (Å²) >= 11 is 0. The second-order valence-electron chi connectivity index (χ2n) is 5.64. The second-order valence-corrected chi connectivity index (χ2v) is 5.64. The summed E-state index contributed by atoms with van der Waals surface area (Å²) < 4.78 is 5.40. The first-order valence-corrected chi connectivity index (χ1v) is 7.29. The Bertz CT molecular complexity index is 375. The minimum atomic E-state index is 0.104. The molecule has 2 N–H and O–H groups in total. The predicted octanol–water partition coefficient (Wildman–Crippen LogP) is 3.04. The molecule has 1 heterocycles. The van der Waals surface area contributed by atoms with E-state index in [1.807, 2.05) is 18.2 Å². The van der Waals surface area contributed by atoms with Crippen LogP contribution in [0.15, 0.2) is 24.3 Å². The van der Waals surface area contributed by atoms with Crippen molar-refractivity contribution in [3.63, 3.8) is 0 Å². The van der Waals surface area contributed by atoms with E-state index in [-0.39, 0.29) is 6.61 Å². The summed E-state index contributed by atoms with van der Waals surface area (Å²) in [7, 11) is 0. The maximum Gasteiger partial charge on any atom is 0.0682 e. The number of aliphatic hydroxyl groups is 1. The van der Waals surface area contributed by atoms with Gasteiger partial charge in [0, 0.05) is 25.4 Å². The zero-order valence-electron chi connectivity index (χ0n) is 11.8. The van der Waals surface area contributed by atoms with E-state index in [2.05, 4.69) is 18.3 Å². The van der Waals surface area contributed by atoms with Crippen molar-refractivity contribution in [1.82, 2.24) is 0 Å². The van der Waals surface area contributed by atoms with Gasteiger partial charge in [-0.3, -0.25) is 0 Å². The van der Waals surface area contributed by atoms with E-state index in [4.69, 9.17) is 9.84 Å². The first-order chi connectivity index (χ1) is 9.28. The molecule has 1 saturated heterocycles. The van der Waals surface area contributed by atoms with Gasteiger partial charge in [-0.25, -0.2) is 0 Å². The summed E-state index contributed by atoms with van der Waals surface area (Å²) in [4.78, 5) is 0. The third-order valence-corrected chi connectivity index (χ3v) is 3.84. The van der Waals surface area contributed by atoms with Crippen LogP contribution in [0.4, 0.5) is 5.69 Å². The molecule has 0 spiro atoms. The van der Waals surface area contributed by atoms with E-state index in [1.54, 1.807) is 0 Å². The number of hydrogen-bond donors (Lipinski definition) is 2. The predicted molar refractivity (Wildman–Crippen MR) is 78.2 cm³/mol. The molecule has 0 saturated carbocycles. The number of anilines is 1. The SMILES string of the molecule is C[C@@H](CNc1cccc(CO)c1)CC1CCOCC1. The molecule has 1 atom stereocenters. The highest BCUT2D eigenvalue weighted by Crippen LogP contribution is 2.23. The Hall–Kier alpha value is -1.06. The summed E-state index contributed by atoms with van der Waals surface area (Å²) in [6, 6.07) is 8.00. The molecule has 19 heavy (non-hydrogen) atoms. The molecule has 0 aliphatic carbocycles. The number of aliphatic hydroxyl groups excluding tert-OH is 1. The van der Waals surface area contributed by atoms with Crippen LogP contribution in [0, 0.1) is 11.8 Å². The number of ether oxygens (including phenoxy) is 1. The molecule has 0 amide bonds. The normalized spacial score (nSPS) is 18.2. The fourth-order valence-electron chi connectivity index (χ4n) is 2.71. The Labute approximate surface area is 116 Å². The molecule has 0 radical (unpaired) electrons. The van der Waals surface area contributed by atoms with E-state index in [0.29, 0.717) is 5.92 Å². The third-order valence-electron chi connectivity index (χ3n) is 3.84. The van der Waals surface area contributed by atoms with Gasteiger partial charge in [0.1, 0.15) is 0 Å². The first kappa shape index (κ1) is 14.4. The minimum absolute atomic E-state index is 0.104. The van der Waals surface area contributed by atoms with E-state index in [1.165, 1.54) is 19.3 Å². The maximum atomic E-state index is 9.12. The van der Waals surface area contributed by atoms with Crippen molar-refractivity contribution in [2.75, 3.05) is 25.1 Å². The van der Waals surface area contributed by atoms with Crippen LogP contribution in [0.25, 0.3) is 0 Å². The fourth-order valence-corrected chi connectivity index (χ4v) is 2.71. The van der Waals surface area contributed by atoms with E-state index >= 15 is 0 Å². The van der Waals surface area contributed by atoms with Crippen molar-refractivity contribution in [2.45, 2.75) is 32.8 Å². The Morgan fingerprint density at radius 2 is 2.16 bits per heavy atom. The fraction of sp³-hybridized carbons (Fsp3) is 0.625. The third kappa shape index (κ3) is 4.84.